The summed E-state index contributed by atoms with van der Waals surface area (Å²) < 4.78 is 46.9. The van der Waals surface area contributed by atoms with Gasteiger partial charge in [-0.2, -0.15) is 8.78 Å². The zero-order valence-electron chi connectivity index (χ0n) is 25.3. The summed E-state index contributed by atoms with van der Waals surface area (Å²) in [7, 11) is 0. The maximum absolute atomic E-state index is 15.3. The molecule has 4 aromatic rings. The molecule has 47 heavy (non-hydrogen) atoms. The predicted molar refractivity (Wildman–Crippen MR) is 175 cm³/mol. The topological polar surface area (TPSA) is 120 Å². The second kappa shape index (κ2) is 15.8. The number of nitrogens with zero attached hydrogens (tertiary/aromatic N) is 2. The molecule has 248 valence electrons. The van der Waals surface area contributed by atoms with E-state index in [4.69, 9.17) is 27.9 Å². The lowest BCUT2D eigenvalue weighted by molar-refractivity contribution is -0.119. The molecule has 3 heterocycles. The number of nitrogens with one attached hydrogen (secondary N) is 4. The van der Waals surface area contributed by atoms with Gasteiger partial charge in [0.25, 0.3) is 0 Å². The number of hydrogen-bond acceptors (Lipinski definition) is 8. The summed E-state index contributed by atoms with van der Waals surface area (Å²) in [6, 6.07) is 13.2. The quantitative estimate of drug-likeness (QED) is 0.103. The standard InChI is InChI=1S/C33H33Cl2F3N6O3/c1-18(45)14-39-16-21-9-11-42-32(30(21)36)44-25-4-2-3-23(28(25)34)24-10-12-41-31(29(24)35)19-5-6-20(26(13-19)47-33(37)38)15-40-17-22-7-8-27(46)43-22/h2-6,9-13,18,22,33,39-40,45H,7-8,14-17H2,1H3,(H,42,44)(H,43,46)/t18-,22+/m0/s1. The minimum Gasteiger partial charge on any atom is -0.434 e. The van der Waals surface area contributed by atoms with Gasteiger partial charge in [-0.15, -0.1) is 0 Å². The maximum Gasteiger partial charge on any atom is 0.387 e. The van der Waals surface area contributed by atoms with Crippen molar-refractivity contribution >= 4 is 40.6 Å². The number of amides is 1. The normalized spacial score (nSPS) is 15.1. The third kappa shape index (κ3) is 8.70. The van der Waals surface area contributed by atoms with Crippen molar-refractivity contribution < 1.29 is 27.8 Å². The Balaban J connectivity index is 1.38. The smallest absolute Gasteiger partial charge is 0.387 e. The van der Waals surface area contributed by atoms with Crippen LogP contribution in [0.2, 0.25) is 10.0 Å². The number of aliphatic hydroxyl groups is 1. The lowest BCUT2D eigenvalue weighted by atomic mass is 10.0. The van der Waals surface area contributed by atoms with Gasteiger partial charge >= 0.3 is 6.61 Å². The van der Waals surface area contributed by atoms with Crippen molar-refractivity contribution in [3.63, 3.8) is 0 Å². The highest BCUT2D eigenvalue weighted by Gasteiger charge is 2.21. The number of aromatic nitrogens is 2. The van der Waals surface area contributed by atoms with E-state index in [0.717, 1.165) is 0 Å². The summed E-state index contributed by atoms with van der Waals surface area (Å²) in [5, 5.41) is 21.9. The third-order valence-corrected chi connectivity index (χ3v) is 8.29. The van der Waals surface area contributed by atoms with Crippen molar-refractivity contribution in [2.24, 2.45) is 0 Å². The molecule has 0 aliphatic carbocycles. The number of pyridine rings is 2. The monoisotopic (exact) mass is 688 g/mol. The van der Waals surface area contributed by atoms with E-state index in [1.54, 1.807) is 49.4 Å². The van der Waals surface area contributed by atoms with Crippen LogP contribution >= 0.6 is 23.2 Å². The Morgan fingerprint density at radius 1 is 1.02 bits per heavy atom. The van der Waals surface area contributed by atoms with Gasteiger partial charge in [0.05, 0.1) is 27.5 Å². The van der Waals surface area contributed by atoms with Crippen LogP contribution < -0.4 is 26.0 Å². The Labute approximate surface area is 279 Å². The number of halogens is 5. The molecule has 0 bridgehead atoms. The van der Waals surface area contributed by atoms with E-state index in [1.807, 2.05) is 0 Å². The number of benzene rings is 2. The molecule has 2 aromatic heterocycles. The summed E-state index contributed by atoms with van der Waals surface area (Å²) in [6.07, 6.45) is 3.59. The summed E-state index contributed by atoms with van der Waals surface area (Å²) in [6.45, 7) is -0.201. The Bertz CT molecular complexity index is 1730. The van der Waals surface area contributed by atoms with E-state index in [-0.39, 0.29) is 46.7 Å². The van der Waals surface area contributed by atoms with E-state index in [9.17, 15) is 18.7 Å². The van der Waals surface area contributed by atoms with E-state index < -0.39 is 18.5 Å². The number of rotatable bonds is 14. The van der Waals surface area contributed by atoms with Crippen LogP contribution in [0.15, 0.2) is 60.9 Å². The second-order valence-corrected chi connectivity index (χ2v) is 11.8. The van der Waals surface area contributed by atoms with Crippen molar-refractivity contribution in [2.75, 3.05) is 18.4 Å². The number of carbonyl (C=O) groups excluding carboxylic acids is 1. The fourth-order valence-electron chi connectivity index (χ4n) is 5.21. The lowest BCUT2D eigenvalue weighted by Crippen LogP contribution is -2.35. The largest absolute Gasteiger partial charge is 0.434 e. The van der Waals surface area contributed by atoms with Crippen LogP contribution in [0.3, 0.4) is 0 Å². The molecule has 1 aliphatic heterocycles. The van der Waals surface area contributed by atoms with Gasteiger partial charge in [-0.05, 0) is 37.6 Å². The first-order chi connectivity index (χ1) is 22.6. The first-order valence-corrected chi connectivity index (χ1v) is 15.7. The van der Waals surface area contributed by atoms with Crippen molar-refractivity contribution in [3.8, 4) is 28.1 Å². The zero-order valence-corrected chi connectivity index (χ0v) is 26.8. The van der Waals surface area contributed by atoms with E-state index in [2.05, 4.69) is 31.2 Å². The van der Waals surface area contributed by atoms with Crippen molar-refractivity contribution in [1.29, 1.82) is 0 Å². The third-order valence-electron chi connectivity index (χ3n) is 7.50. The lowest BCUT2D eigenvalue weighted by Gasteiger charge is -2.17. The second-order valence-electron chi connectivity index (χ2n) is 11.1. The van der Waals surface area contributed by atoms with Gasteiger partial charge in [-0.3, -0.25) is 9.78 Å². The molecule has 5 N–H and O–H groups in total. The molecule has 1 saturated heterocycles. The Hall–Kier alpha value is -3.94. The number of aliphatic hydroxyl groups excluding tert-OH is 1. The van der Waals surface area contributed by atoms with Gasteiger partial charge in [0.2, 0.25) is 5.91 Å². The minimum absolute atomic E-state index is 0.00629. The number of anilines is 2. The predicted octanol–water partition coefficient (Wildman–Crippen LogP) is 6.44. The number of hydrogen-bond donors (Lipinski definition) is 5. The van der Waals surface area contributed by atoms with Gasteiger partial charge < -0.3 is 31.1 Å². The SMILES string of the molecule is C[C@H](O)CNCc1ccnc(Nc2cccc(-c3ccnc(-c4ccc(CNC[C@H]5CCC(=O)N5)c(OC(F)F)c4)c3Cl)c2Cl)c1F. The number of ether oxygens (including phenoxy) is 1. The molecular weight excluding hydrogens is 656 g/mol. The molecule has 0 saturated carbocycles. The molecule has 0 unspecified atom stereocenters. The highest BCUT2D eigenvalue weighted by Crippen LogP contribution is 2.42. The first kappa shape index (κ1) is 34.4. The minimum atomic E-state index is -3.05. The Morgan fingerprint density at radius 3 is 2.53 bits per heavy atom. The average molecular weight is 690 g/mol. The Morgan fingerprint density at radius 2 is 1.79 bits per heavy atom. The summed E-state index contributed by atoms with van der Waals surface area (Å²) in [5.41, 5.74) is 3.02. The van der Waals surface area contributed by atoms with Crippen LogP contribution in [0.4, 0.5) is 24.7 Å². The molecule has 0 radical (unpaired) electrons. The number of alkyl halides is 2. The van der Waals surface area contributed by atoms with Gasteiger partial charge in [0.1, 0.15) is 5.75 Å². The summed E-state index contributed by atoms with van der Waals surface area (Å²) >= 11 is 13.7. The van der Waals surface area contributed by atoms with Crippen LogP contribution in [-0.2, 0) is 17.9 Å². The highest BCUT2D eigenvalue weighted by molar-refractivity contribution is 6.39. The van der Waals surface area contributed by atoms with Gasteiger partial charge in [0.15, 0.2) is 11.6 Å². The molecule has 2 aromatic carbocycles. The van der Waals surface area contributed by atoms with Crippen molar-refractivity contribution in [3.05, 3.63) is 87.9 Å². The molecule has 2 atom stereocenters. The molecule has 9 nitrogen and oxygen atoms in total. The van der Waals surface area contributed by atoms with Gasteiger partial charge in [-0.1, -0.05) is 47.5 Å². The fourth-order valence-corrected chi connectivity index (χ4v) is 5.80. The van der Waals surface area contributed by atoms with E-state index in [1.165, 1.54) is 18.5 Å². The van der Waals surface area contributed by atoms with Gasteiger partial charge in [0, 0.05) is 78.9 Å². The average Bonchev–Trinajstić information content (AvgIpc) is 3.45. The molecular formula is C33H33Cl2F3N6O3. The maximum atomic E-state index is 15.3. The zero-order chi connectivity index (χ0) is 33.5. The Kier molecular flexibility index (Phi) is 11.5. The highest BCUT2D eigenvalue weighted by atomic mass is 35.5. The summed E-state index contributed by atoms with van der Waals surface area (Å²) in [5.74, 6) is -0.642. The van der Waals surface area contributed by atoms with Crippen molar-refractivity contribution in [1.82, 2.24) is 25.9 Å². The molecule has 1 amide bonds. The van der Waals surface area contributed by atoms with E-state index in [0.29, 0.717) is 65.1 Å². The molecule has 1 aliphatic rings. The van der Waals surface area contributed by atoms with Crippen LogP contribution in [0.5, 0.6) is 5.75 Å². The van der Waals surface area contributed by atoms with Crippen LogP contribution in [0, 0.1) is 5.82 Å². The first-order valence-electron chi connectivity index (χ1n) is 14.9. The van der Waals surface area contributed by atoms with Crippen LogP contribution in [0.1, 0.15) is 30.9 Å². The number of carbonyl (C=O) groups is 1. The summed E-state index contributed by atoms with van der Waals surface area (Å²) in [4.78, 5) is 20.0. The van der Waals surface area contributed by atoms with E-state index >= 15 is 4.39 Å². The van der Waals surface area contributed by atoms with Crippen LogP contribution in [0.25, 0.3) is 22.4 Å². The van der Waals surface area contributed by atoms with Crippen LogP contribution in [-0.4, -0.2) is 52.8 Å². The fraction of sp³-hybridized carbons (Fsp3) is 0.303. The molecule has 0 spiro atoms. The molecule has 14 heteroatoms. The van der Waals surface area contributed by atoms with Gasteiger partial charge in [-0.25, -0.2) is 9.37 Å². The molecule has 1 fully saturated rings. The van der Waals surface area contributed by atoms with Crippen molar-refractivity contribution in [2.45, 2.75) is 51.6 Å². The molecule has 5 rings (SSSR count).